The summed E-state index contributed by atoms with van der Waals surface area (Å²) in [6.45, 7) is 8.16. The van der Waals surface area contributed by atoms with E-state index in [0.29, 0.717) is 30.0 Å². The molecule has 6 heterocycles. The average Bonchev–Trinajstić information content (AvgIpc) is 3.96. The minimum Gasteiger partial charge on any atom is -0.366 e. The summed E-state index contributed by atoms with van der Waals surface area (Å²) < 4.78 is 3.79. The molecule has 0 spiro atoms. The number of rotatable bonds is 9. The van der Waals surface area contributed by atoms with Crippen molar-refractivity contribution >= 4 is 40.9 Å². The van der Waals surface area contributed by atoms with E-state index in [-0.39, 0.29) is 24.5 Å². The van der Waals surface area contributed by atoms with Gasteiger partial charge in [-0.15, -0.1) is 5.10 Å². The molecule has 0 radical (unpaired) electrons. The summed E-state index contributed by atoms with van der Waals surface area (Å²) in [6, 6.07) is 21.8. The fraction of sp³-hybridized carbons (Fsp3) is 0.268. The number of carbonyl (C=O) groups is 2. The van der Waals surface area contributed by atoms with E-state index in [1.165, 1.54) is 11.3 Å². The van der Waals surface area contributed by atoms with Crippen LogP contribution in [0.5, 0.6) is 0 Å². The van der Waals surface area contributed by atoms with Gasteiger partial charge < -0.3 is 20.1 Å². The summed E-state index contributed by atoms with van der Waals surface area (Å²) in [7, 11) is 2.05. The number of benzene rings is 2. The summed E-state index contributed by atoms with van der Waals surface area (Å²) in [5.74, 6) is 0.591. The summed E-state index contributed by atoms with van der Waals surface area (Å²) >= 11 is 0. The van der Waals surface area contributed by atoms with Crippen LogP contribution < -0.4 is 20.4 Å². The van der Waals surface area contributed by atoms with Gasteiger partial charge in [-0.05, 0) is 99.9 Å². The zero-order valence-electron chi connectivity index (χ0n) is 30.4. The molecule has 3 aliphatic heterocycles. The van der Waals surface area contributed by atoms with Crippen molar-refractivity contribution in [2.45, 2.75) is 52.6 Å². The van der Waals surface area contributed by atoms with Crippen LogP contribution in [0.25, 0.3) is 23.0 Å². The van der Waals surface area contributed by atoms with Gasteiger partial charge in [0.1, 0.15) is 5.69 Å². The number of urea groups is 1. The third-order valence-electron chi connectivity index (χ3n) is 10.2. The van der Waals surface area contributed by atoms with Crippen molar-refractivity contribution in [3.63, 3.8) is 0 Å². The second-order valence-electron chi connectivity index (χ2n) is 14.0. The lowest BCUT2D eigenvalue weighted by atomic mass is 10.1. The van der Waals surface area contributed by atoms with Gasteiger partial charge in [0.05, 0.1) is 41.5 Å². The van der Waals surface area contributed by atoms with Gasteiger partial charge in [-0.3, -0.25) is 14.7 Å². The largest absolute Gasteiger partial charge is 0.366 e. The van der Waals surface area contributed by atoms with E-state index in [2.05, 4.69) is 88.6 Å². The molecule has 1 atom stereocenters. The Morgan fingerprint density at radius 3 is 2.70 bits per heavy atom. The van der Waals surface area contributed by atoms with Gasteiger partial charge >= 0.3 is 6.03 Å². The molecule has 3 aliphatic rings. The molecule has 2 N–H and O–H groups in total. The molecule has 5 aromatic rings. The number of hydrogen-bond donors (Lipinski definition) is 2. The number of hydrogen-bond acceptors (Lipinski definition) is 7. The van der Waals surface area contributed by atoms with E-state index in [0.717, 1.165) is 64.8 Å². The number of carbonyl (C=O) groups excluding carboxylic acids is 2. The first kappa shape index (κ1) is 33.8. The fourth-order valence-corrected chi connectivity index (χ4v) is 7.30. The Kier molecular flexibility index (Phi) is 8.95. The van der Waals surface area contributed by atoms with Crippen molar-refractivity contribution in [3.8, 4) is 16.9 Å². The van der Waals surface area contributed by atoms with Crippen LogP contribution in [-0.2, 0) is 18.4 Å². The van der Waals surface area contributed by atoms with Gasteiger partial charge in [-0.2, -0.15) is 0 Å². The highest BCUT2D eigenvalue weighted by atomic mass is 16.2. The van der Waals surface area contributed by atoms with Crippen molar-refractivity contribution in [2.75, 3.05) is 28.2 Å². The highest BCUT2D eigenvalue weighted by molar-refractivity contribution is 6.05. The topological polar surface area (TPSA) is 126 Å². The van der Waals surface area contributed by atoms with E-state index >= 15 is 0 Å². The number of anilines is 3. The average molecular weight is 707 g/mol. The Hall–Kier alpha value is -6.30. The molecule has 3 aromatic heterocycles. The molecule has 0 aliphatic carbocycles. The minimum atomic E-state index is -0.224. The number of nitrogens with zero attached hydrogens (tertiary/aromatic N) is 8. The van der Waals surface area contributed by atoms with Crippen LogP contribution in [-0.4, -0.2) is 61.3 Å². The Bertz CT molecular complexity index is 2330. The minimum absolute atomic E-state index is 0.0316. The molecule has 0 saturated carbocycles. The van der Waals surface area contributed by atoms with Crippen molar-refractivity contribution in [1.29, 1.82) is 0 Å². The van der Waals surface area contributed by atoms with Gasteiger partial charge in [0.15, 0.2) is 5.82 Å². The number of fused-ring (bicyclic) bond motifs is 4. The van der Waals surface area contributed by atoms with Crippen LogP contribution in [0, 0.1) is 20.8 Å². The maximum Gasteiger partial charge on any atom is 0.327 e. The van der Waals surface area contributed by atoms with Crippen LogP contribution in [0.2, 0.25) is 0 Å². The van der Waals surface area contributed by atoms with Crippen molar-refractivity contribution in [1.82, 2.24) is 29.9 Å². The molecule has 3 amide bonds. The lowest BCUT2D eigenvalue weighted by Crippen LogP contribution is -2.48. The number of aromatic nitrogens is 5. The van der Waals surface area contributed by atoms with Crippen LogP contribution in [0.15, 0.2) is 95.8 Å². The first-order valence-electron chi connectivity index (χ1n) is 18.0. The van der Waals surface area contributed by atoms with Crippen molar-refractivity contribution in [2.24, 2.45) is 12.0 Å². The highest BCUT2D eigenvalue weighted by Gasteiger charge is 2.40. The second-order valence-corrected chi connectivity index (χ2v) is 14.0. The lowest BCUT2D eigenvalue weighted by Gasteiger charge is -2.36. The SMILES string of the molecule is Cc1cccc(-c2ccc3c(n2)N(C(=O)Nc2cccc(-n4cc(CNC(=O)CCC5=N/C(=C\c6c(C)cc(C)n6C)C=C5)nn4)c2)[C@H]2CCN3C2)c1. The third-order valence-corrected chi connectivity index (χ3v) is 10.2. The quantitative estimate of drug-likeness (QED) is 0.176. The van der Waals surface area contributed by atoms with Crippen LogP contribution >= 0.6 is 0 Å². The normalized spacial score (nSPS) is 16.6. The monoisotopic (exact) mass is 706 g/mol. The first-order valence-corrected chi connectivity index (χ1v) is 18.0. The number of allylic oxidation sites excluding steroid dienone is 2. The molecule has 2 bridgehead atoms. The summed E-state index contributed by atoms with van der Waals surface area (Å²) in [5.41, 5.74) is 11.3. The van der Waals surface area contributed by atoms with Crippen LogP contribution in [0.4, 0.5) is 22.0 Å². The molecule has 0 unspecified atom stereocenters. The zero-order valence-corrected chi connectivity index (χ0v) is 30.4. The Balaban J connectivity index is 0.886. The maximum absolute atomic E-state index is 13.9. The smallest absolute Gasteiger partial charge is 0.327 e. The number of amides is 3. The molecule has 12 heteroatoms. The zero-order chi connectivity index (χ0) is 36.6. The fourth-order valence-electron chi connectivity index (χ4n) is 7.30. The van der Waals surface area contributed by atoms with Gasteiger partial charge in [-0.25, -0.2) is 14.5 Å². The number of pyridine rings is 1. The standard InChI is InChI=1S/C41H42N10O2/c1-26-7-5-8-29(19-26)36-14-15-37-40(45-36)51(35-17-18-49(37)25-35)41(53)44-31-9-6-10-34(21-31)50-24-33(46-47-50)23-42-39(52)16-13-30-11-12-32(43-30)22-38-27(2)20-28(3)48(38)4/h5-12,14-15,19-22,24,35H,13,16-18,23,25H2,1-4H3,(H,42,52)(H,44,53)/b32-22-/t35-/m0/s1. The van der Waals surface area contributed by atoms with Gasteiger partial charge in [0.2, 0.25) is 5.91 Å². The molecular formula is C41H42N10O2. The third kappa shape index (κ3) is 6.99. The molecule has 268 valence electrons. The van der Waals surface area contributed by atoms with E-state index < -0.39 is 0 Å². The van der Waals surface area contributed by atoms with E-state index in [4.69, 9.17) is 9.98 Å². The predicted molar refractivity (Wildman–Crippen MR) is 208 cm³/mol. The summed E-state index contributed by atoms with van der Waals surface area (Å²) in [5, 5.41) is 14.6. The van der Waals surface area contributed by atoms with E-state index in [1.54, 1.807) is 10.9 Å². The first-order chi connectivity index (χ1) is 25.7. The van der Waals surface area contributed by atoms with Crippen molar-refractivity contribution < 1.29 is 9.59 Å². The summed E-state index contributed by atoms with van der Waals surface area (Å²) in [6.07, 6.45) is 9.55. The molecule has 8 rings (SSSR count). The molecule has 2 aromatic carbocycles. The Morgan fingerprint density at radius 1 is 1.00 bits per heavy atom. The molecule has 12 nitrogen and oxygen atoms in total. The highest BCUT2D eigenvalue weighted by Crippen LogP contribution is 2.40. The lowest BCUT2D eigenvalue weighted by molar-refractivity contribution is -0.121. The number of nitrogens with one attached hydrogen (secondary N) is 2. The van der Waals surface area contributed by atoms with Gasteiger partial charge in [0, 0.05) is 54.9 Å². The molecule has 1 saturated heterocycles. The number of aryl methyl sites for hydroxylation is 3. The van der Waals surface area contributed by atoms with Crippen LogP contribution in [0.1, 0.15) is 47.5 Å². The van der Waals surface area contributed by atoms with Gasteiger partial charge in [0.25, 0.3) is 0 Å². The maximum atomic E-state index is 13.9. The van der Waals surface area contributed by atoms with Gasteiger partial charge in [-0.1, -0.05) is 35.0 Å². The van der Waals surface area contributed by atoms with Crippen LogP contribution in [0.3, 0.4) is 0 Å². The Morgan fingerprint density at radius 2 is 1.87 bits per heavy atom. The van der Waals surface area contributed by atoms with E-state index in [9.17, 15) is 9.59 Å². The predicted octanol–water partition coefficient (Wildman–Crippen LogP) is 6.67. The Labute approximate surface area is 308 Å². The second kappa shape index (κ2) is 14.0. The van der Waals surface area contributed by atoms with E-state index in [1.807, 2.05) is 59.5 Å². The van der Waals surface area contributed by atoms with Crippen molar-refractivity contribution in [3.05, 3.63) is 119 Å². The molecule has 53 heavy (non-hydrogen) atoms. The number of aliphatic imine (C=N–C) groups is 1. The summed E-state index contributed by atoms with van der Waals surface area (Å²) in [4.78, 5) is 40.5. The molecular weight excluding hydrogens is 665 g/mol. The molecule has 1 fully saturated rings.